The third kappa shape index (κ3) is 2.83. The van der Waals surface area contributed by atoms with Crippen LogP contribution in [-0.4, -0.2) is 20.1 Å². The van der Waals surface area contributed by atoms with Gasteiger partial charge < -0.3 is 4.74 Å². The predicted octanol–water partition coefficient (Wildman–Crippen LogP) is 3.45. The number of hydrogen-bond donors (Lipinski definition) is 0. The Morgan fingerprint density at radius 3 is 2.40 bits per heavy atom. The zero-order chi connectivity index (χ0) is 11.6. The van der Waals surface area contributed by atoms with E-state index in [1.165, 1.54) is 19.3 Å². The van der Waals surface area contributed by atoms with Crippen molar-refractivity contribution in [3.63, 3.8) is 0 Å². The largest absolute Gasteiger partial charge is 0.461 e. The van der Waals surface area contributed by atoms with Crippen molar-refractivity contribution in [2.45, 2.75) is 64.4 Å². The monoisotopic (exact) mass is 228 g/mol. The smallest absolute Gasteiger partial charge is 0.310 e. The summed E-state index contributed by atoms with van der Waals surface area (Å²) in [5.41, 5.74) is 0.240. The second kappa shape index (κ2) is 4.68. The molecule has 1 aliphatic rings. The fourth-order valence-corrected chi connectivity index (χ4v) is 4.48. The van der Waals surface area contributed by atoms with Gasteiger partial charge in [-0.2, -0.15) is 0 Å². The molecule has 3 atom stereocenters. The molecule has 15 heavy (non-hydrogen) atoms. The molecule has 3 unspecified atom stereocenters. The van der Waals surface area contributed by atoms with Crippen LogP contribution < -0.4 is 0 Å². The number of hydrogen-bond acceptors (Lipinski definition) is 2. The minimum Gasteiger partial charge on any atom is -0.461 e. The number of rotatable bonds is 5. The average Bonchev–Trinajstić information content (AvgIpc) is 2.07. The highest BCUT2D eigenvalue weighted by atomic mass is 28.3. The Labute approximate surface area is 94.4 Å². The molecule has 0 aromatic heterocycles. The van der Waals surface area contributed by atoms with Crippen LogP contribution in [0.1, 0.15) is 33.1 Å². The standard InChI is InChI=1S/C12H24O2Si/c1-6-7-8-9(2)10-11(12(13)14-10)15(3,4)5/h9-11H,6-8H2,1-5H3. The molecular weight excluding hydrogens is 204 g/mol. The maximum Gasteiger partial charge on any atom is 0.310 e. The molecule has 1 fully saturated rings. The molecule has 1 aliphatic heterocycles. The molecule has 3 heteroatoms. The molecule has 0 aliphatic carbocycles. The highest BCUT2D eigenvalue weighted by molar-refractivity contribution is 6.81. The van der Waals surface area contributed by atoms with E-state index in [1.807, 2.05) is 0 Å². The lowest BCUT2D eigenvalue weighted by atomic mass is 9.92. The molecule has 1 heterocycles. The summed E-state index contributed by atoms with van der Waals surface area (Å²) < 4.78 is 5.33. The van der Waals surface area contributed by atoms with Gasteiger partial charge in [-0.15, -0.1) is 0 Å². The van der Waals surface area contributed by atoms with Crippen molar-refractivity contribution in [2.24, 2.45) is 5.92 Å². The Kier molecular flexibility index (Phi) is 3.98. The molecule has 0 bridgehead atoms. The molecule has 1 saturated heterocycles. The van der Waals surface area contributed by atoms with E-state index in [0.717, 1.165) is 0 Å². The highest BCUT2D eigenvalue weighted by Crippen LogP contribution is 2.42. The van der Waals surface area contributed by atoms with Crippen LogP contribution in [-0.2, 0) is 9.53 Å². The van der Waals surface area contributed by atoms with Crippen LogP contribution in [0.3, 0.4) is 0 Å². The van der Waals surface area contributed by atoms with Crippen LogP contribution in [0.15, 0.2) is 0 Å². The van der Waals surface area contributed by atoms with Crippen LogP contribution in [0.5, 0.6) is 0 Å². The Bertz CT molecular complexity index is 232. The van der Waals surface area contributed by atoms with Gasteiger partial charge in [-0.05, 0) is 12.3 Å². The van der Waals surface area contributed by atoms with Gasteiger partial charge in [-0.3, -0.25) is 4.79 Å². The van der Waals surface area contributed by atoms with E-state index in [9.17, 15) is 4.79 Å². The van der Waals surface area contributed by atoms with E-state index in [-0.39, 0.29) is 17.6 Å². The first-order chi connectivity index (χ1) is 6.88. The Morgan fingerprint density at radius 1 is 1.40 bits per heavy atom. The molecule has 0 spiro atoms. The normalized spacial score (nSPS) is 28.2. The maximum atomic E-state index is 11.5. The summed E-state index contributed by atoms with van der Waals surface area (Å²) in [7, 11) is -1.38. The van der Waals surface area contributed by atoms with Gasteiger partial charge in [-0.25, -0.2) is 0 Å². The van der Waals surface area contributed by atoms with Crippen molar-refractivity contribution in [1.82, 2.24) is 0 Å². The van der Waals surface area contributed by atoms with Crippen molar-refractivity contribution in [3.05, 3.63) is 0 Å². The van der Waals surface area contributed by atoms with E-state index in [4.69, 9.17) is 4.74 Å². The minimum atomic E-state index is -1.38. The summed E-state index contributed by atoms with van der Waals surface area (Å²) in [6.07, 6.45) is 3.88. The summed E-state index contributed by atoms with van der Waals surface area (Å²) in [4.78, 5) is 11.5. The topological polar surface area (TPSA) is 26.3 Å². The fraction of sp³-hybridized carbons (Fsp3) is 0.917. The van der Waals surface area contributed by atoms with Crippen molar-refractivity contribution in [3.8, 4) is 0 Å². The quantitative estimate of drug-likeness (QED) is 0.532. The Morgan fingerprint density at radius 2 is 2.00 bits per heavy atom. The first kappa shape index (κ1) is 12.8. The number of ether oxygens (including phenoxy) is 1. The molecule has 88 valence electrons. The Hall–Kier alpha value is -0.313. The van der Waals surface area contributed by atoms with Gasteiger partial charge in [-0.1, -0.05) is 46.3 Å². The molecule has 2 nitrogen and oxygen atoms in total. The third-order valence-corrected chi connectivity index (χ3v) is 5.77. The molecular formula is C12H24O2Si. The number of cyclic esters (lactones) is 1. The number of unbranched alkanes of at least 4 members (excludes halogenated alkanes) is 1. The van der Waals surface area contributed by atoms with Gasteiger partial charge >= 0.3 is 5.97 Å². The summed E-state index contributed by atoms with van der Waals surface area (Å²) in [5.74, 6) is 0.599. The van der Waals surface area contributed by atoms with E-state index in [2.05, 4.69) is 33.5 Å². The SMILES string of the molecule is CCCCC(C)C1OC(=O)C1[Si](C)(C)C. The van der Waals surface area contributed by atoms with E-state index in [1.54, 1.807) is 0 Å². The van der Waals surface area contributed by atoms with Crippen LogP contribution in [0.25, 0.3) is 0 Å². The fourth-order valence-electron chi connectivity index (χ4n) is 2.32. The predicted molar refractivity (Wildman–Crippen MR) is 65.7 cm³/mol. The average molecular weight is 228 g/mol. The van der Waals surface area contributed by atoms with Gasteiger partial charge in [0, 0.05) is 0 Å². The third-order valence-electron chi connectivity index (χ3n) is 3.34. The van der Waals surface area contributed by atoms with Gasteiger partial charge in [0.15, 0.2) is 0 Å². The van der Waals surface area contributed by atoms with Crippen molar-refractivity contribution < 1.29 is 9.53 Å². The van der Waals surface area contributed by atoms with Crippen molar-refractivity contribution in [2.75, 3.05) is 0 Å². The van der Waals surface area contributed by atoms with Crippen molar-refractivity contribution >= 4 is 14.0 Å². The second-order valence-electron chi connectivity index (χ2n) is 5.86. The van der Waals surface area contributed by atoms with Crippen LogP contribution >= 0.6 is 0 Å². The molecule has 0 aromatic rings. The molecule has 0 aromatic carbocycles. The summed E-state index contributed by atoms with van der Waals surface area (Å²) >= 11 is 0. The van der Waals surface area contributed by atoms with Gasteiger partial charge in [0.1, 0.15) is 6.10 Å². The lowest BCUT2D eigenvalue weighted by Gasteiger charge is -2.44. The van der Waals surface area contributed by atoms with Gasteiger partial charge in [0.2, 0.25) is 0 Å². The number of esters is 1. The zero-order valence-electron chi connectivity index (χ0n) is 10.7. The van der Waals surface area contributed by atoms with E-state index < -0.39 is 8.07 Å². The number of carbonyl (C=O) groups is 1. The Balaban J connectivity index is 2.53. The molecule has 0 N–H and O–H groups in total. The van der Waals surface area contributed by atoms with Crippen LogP contribution in [0.4, 0.5) is 0 Å². The van der Waals surface area contributed by atoms with Crippen molar-refractivity contribution in [1.29, 1.82) is 0 Å². The minimum absolute atomic E-state index is 0.0579. The molecule has 1 rings (SSSR count). The maximum absolute atomic E-state index is 11.5. The first-order valence-corrected chi connectivity index (χ1v) is 9.66. The molecule has 0 radical (unpaired) electrons. The van der Waals surface area contributed by atoms with Crippen LogP contribution in [0, 0.1) is 5.92 Å². The van der Waals surface area contributed by atoms with E-state index in [0.29, 0.717) is 5.92 Å². The molecule has 0 saturated carbocycles. The summed E-state index contributed by atoms with van der Waals surface area (Å²) in [6.45, 7) is 11.2. The molecule has 0 amide bonds. The summed E-state index contributed by atoms with van der Waals surface area (Å²) in [5, 5.41) is 0. The summed E-state index contributed by atoms with van der Waals surface area (Å²) in [6, 6.07) is 0. The van der Waals surface area contributed by atoms with Gasteiger partial charge in [0.05, 0.1) is 13.6 Å². The lowest BCUT2D eigenvalue weighted by Crippen LogP contribution is -2.54. The van der Waals surface area contributed by atoms with Crippen LogP contribution in [0.2, 0.25) is 25.2 Å². The van der Waals surface area contributed by atoms with E-state index >= 15 is 0 Å². The zero-order valence-corrected chi connectivity index (χ0v) is 11.7. The number of carbonyl (C=O) groups excluding carboxylic acids is 1. The lowest BCUT2D eigenvalue weighted by molar-refractivity contribution is -0.174. The first-order valence-electron chi connectivity index (χ1n) is 6.08. The highest BCUT2D eigenvalue weighted by Gasteiger charge is 2.51. The van der Waals surface area contributed by atoms with Gasteiger partial charge in [0.25, 0.3) is 0 Å². The second-order valence-corrected chi connectivity index (χ2v) is 11.2.